The van der Waals surface area contributed by atoms with Crippen molar-refractivity contribution in [1.29, 1.82) is 0 Å². The first-order valence-corrected chi connectivity index (χ1v) is 7.16. The highest BCUT2D eigenvalue weighted by atomic mass is 32.2. The fourth-order valence-corrected chi connectivity index (χ4v) is 2.06. The van der Waals surface area contributed by atoms with Gasteiger partial charge in [0.1, 0.15) is 5.76 Å². The Bertz CT molecular complexity index is 737. The number of hydrogen-bond donors (Lipinski definition) is 3. The second-order valence-corrected chi connectivity index (χ2v) is 5.56. The number of sulfonamides is 1. The number of hydrogen-bond acceptors (Lipinski definition) is 5. The summed E-state index contributed by atoms with van der Waals surface area (Å²) >= 11 is 0. The third-order valence-corrected chi connectivity index (χ3v) is 3.31. The molecular formula is C12H13N3O4S. The van der Waals surface area contributed by atoms with E-state index in [1.807, 2.05) is 0 Å². The lowest BCUT2D eigenvalue weighted by Gasteiger charge is -2.05. The van der Waals surface area contributed by atoms with Crippen LogP contribution in [-0.2, 0) is 16.6 Å². The van der Waals surface area contributed by atoms with E-state index < -0.39 is 15.9 Å². The summed E-state index contributed by atoms with van der Waals surface area (Å²) < 4.78 is 27.2. The molecule has 0 fully saturated rings. The molecule has 0 unspecified atom stereocenters. The van der Waals surface area contributed by atoms with Crippen molar-refractivity contribution < 1.29 is 17.6 Å². The zero-order valence-corrected chi connectivity index (χ0v) is 11.2. The number of carbonyl (C=O) groups excluding carboxylic acids is 1. The summed E-state index contributed by atoms with van der Waals surface area (Å²) in [5, 5.41) is 7.63. The Balaban J connectivity index is 2.07. The molecule has 0 aliphatic heterocycles. The van der Waals surface area contributed by atoms with E-state index in [1.54, 1.807) is 24.3 Å². The predicted molar refractivity (Wildman–Crippen MR) is 72.4 cm³/mol. The Morgan fingerprint density at radius 3 is 2.60 bits per heavy atom. The van der Waals surface area contributed by atoms with Gasteiger partial charge in [-0.1, -0.05) is 6.07 Å². The van der Waals surface area contributed by atoms with Crippen molar-refractivity contribution in [1.82, 2.24) is 0 Å². The van der Waals surface area contributed by atoms with E-state index in [2.05, 4.69) is 5.32 Å². The highest BCUT2D eigenvalue weighted by Gasteiger charge is 2.13. The molecule has 0 aliphatic carbocycles. The van der Waals surface area contributed by atoms with Crippen molar-refractivity contribution in [2.75, 3.05) is 5.32 Å². The number of furan rings is 1. The second-order valence-electron chi connectivity index (χ2n) is 4.06. The van der Waals surface area contributed by atoms with Crippen LogP contribution in [-0.4, -0.2) is 14.3 Å². The van der Waals surface area contributed by atoms with E-state index in [4.69, 9.17) is 15.3 Å². The van der Waals surface area contributed by atoms with Gasteiger partial charge in [-0.15, -0.1) is 0 Å². The number of anilines is 1. The van der Waals surface area contributed by atoms with E-state index in [-0.39, 0.29) is 11.6 Å². The highest BCUT2D eigenvalue weighted by molar-refractivity contribution is 7.89. The minimum Gasteiger partial charge on any atom is -0.446 e. The minimum absolute atomic E-state index is 0.248. The number of nitrogens with two attached hydrogens (primary N) is 2. The van der Waals surface area contributed by atoms with Crippen molar-refractivity contribution in [3.63, 3.8) is 0 Å². The van der Waals surface area contributed by atoms with Gasteiger partial charge in [0.15, 0.2) is 0 Å². The Morgan fingerprint density at radius 2 is 2.00 bits per heavy atom. The maximum absolute atomic E-state index is 11.1. The molecule has 5 N–H and O–H groups in total. The Morgan fingerprint density at radius 1 is 1.25 bits per heavy atom. The number of primary sulfonamides is 1. The van der Waals surface area contributed by atoms with Crippen LogP contribution in [0.5, 0.6) is 0 Å². The summed E-state index contributed by atoms with van der Waals surface area (Å²) in [6.07, 6.45) is 0. The number of carbonyl (C=O) groups is 1. The van der Waals surface area contributed by atoms with Crippen LogP contribution in [0.15, 0.2) is 45.9 Å². The summed E-state index contributed by atoms with van der Waals surface area (Å²) in [6, 6.07) is 9.40. The number of amides is 1. The summed E-state index contributed by atoms with van der Waals surface area (Å²) in [4.78, 5) is 11.0. The van der Waals surface area contributed by atoms with Crippen LogP contribution in [0.25, 0.3) is 0 Å². The topological polar surface area (TPSA) is 128 Å². The van der Waals surface area contributed by atoms with Crippen LogP contribution >= 0.6 is 0 Å². The van der Waals surface area contributed by atoms with Gasteiger partial charge in [0.25, 0.3) is 10.0 Å². The van der Waals surface area contributed by atoms with Gasteiger partial charge in [0.2, 0.25) is 11.0 Å². The molecule has 8 heteroatoms. The average molecular weight is 295 g/mol. The average Bonchev–Trinajstić information content (AvgIpc) is 2.85. The molecule has 7 nitrogen and oxygen atoms in total. The van der Waals surface area contributed by atoms with Crippen LogP contribution < -0.4 is 16.2 Å². The highest BCUT2D eigenvalue weighted by Crippen LogP contribution is 2.15. The van der Waals surface area contributed by atoms with Crippen LogP contribution in [0.3, 0.4) is 0 Å². The molecule has 1 aromatic heterocycles. The van der Waals surface area contributed by atoms with Crippen molar-refractivity contribution in [3.8, 4) is 0 Å². The van der Waals surface area contributed by atoms with Gasteiger partial charge in [-0.3, -0.25) is 4.79 Å². The monoisotopic (exact) mass is 295 g/mol. The number of primary amides is 1. The van der Waals surface area contributed by atoms with Crippen LogP contribution in [0.1, 0.15) is 16.1 Å². The van der Waals surface area contributed by atoms with Gasteiger partial charge in [-0.2, -0.15) is 0 Å². The summed E-state index contributed by atoms with van der Waals surface area (Å²) in [5.41, 5.74) is 6.21. The van der Waals surface area contributed by atoms with E-state index in [9.17, 15) is 13.2 Å². The molecule has 1 amide bonds. The third kappa shape index (κ3) is 3.37. The standard InChI is InChI=1S/C12H13N3O4S/c13-12(16)8-2-1-3-9(6-8)15-7-10-4-5-11(19-10)20(14,17)18/h1-6,15H,7H2,(H2,13,16)(H2,14,17,18). The number of nitrogens with one attached hydrogen (secondary N) is 1. The summed E-state index contributed by atoms with van der Waals surface area (Å²) in [5.74, 6) is -0.123. The van der Waals surface area contributed by atoms with Crippen LogP contribution in [0, 0.1) is 0 Å². The fraction of sp³-hybridized carbons (Fsp3) is 0.0833. The van der Waals surface area contributed by atoms with Crippen LogP contribution in [0.4, 0.5) is 5.69 Å². The van der Waals surface area contributed by atoms with E-state index in [1.165, 1.54) is 12.1 Å². The van der Waals surface area contributed by atoms with Crippen molar-refractivity contribution >= 4 is 21.6 Å². The van der Waals surface area contributed by atoms with Gasteiger partial charge in [0, 0.05) is 11.3 Å². The van der Waals surface area contributed by atoms with E-state index in [0.717, 1.165) is 0 Å². The number of benzene rings is 1. The molecular weight excluding hydrogens is 282 g/mol. The summed E-state index contributed by atoms with van der Waals surface area (Å²) in [6.45, 7) is 0.248. The molecule has 2 aromatic rings. The van der Waals surface area contributed by atoms with E-state index in [0.29, 0.717) is 17.0 Å². The zero-order chi connectivity index (χ0) is 14.8. The van der Waals surface area contributed by atoms with Gasteiger partial charge < -0.3 is 15.5 Å². The molecule has 1 aromatic carbocycles. The molecule has 0 radical (unpaired) electrons. The molecule has 1 heterocycles. The molecule has 0 spiro atoms. The van der Waals surface area contributed by atoms with Gasteiger partial charge >= 0.3 is 0 Å². The first-order valence-electron chi connectivity index (χ1n) is 5.61. The Kier molecular flexibility index (Phi) is 3.77. The van der Waals surface area contributed by atoms with Gasteiger partial charge in [-0.25, -0.2) is 13.6 Å². The van der Waals surface area contributed by atoms with Crippen molar-refractivity contribution in [2.45, 2.75) is 11.6 Å². The molecule has 0 aliphatic rings. The summed E-state index contributed by atoms with van der Waals surface area (Å²) in [7, 11) is -3.84. The third-order valence-electron chi connectivity index (χ3n) is 2.53. The largest absolute Gasteiger partial charge is 0.446 e. The lowest BCUT2D eigenvalue weighted by atomic mass is 10.2. The van der Waals surface area contributed by atoms with Gasteiger partial charge in [-0.05, 0) is 30.3 Å². The first-order chi connectivity index (χ1) is 9.36. The Labute approximate surface area is 115 Å². The Hall–Kier alpha value is -2.32. The van der Waals surface area contributed by atoms with Crippen LogP contribution in [0.2, 0.25) is 0 Å². The zero-order valence-electron chi connectivity index (χ0n) is 10.4. The molecule has 0 saturated carbocycles. The quantitative estimate of drug-likeness (QED) is 0.745. The minimum atomic E-state index is -3.84. The van der Waals surface area contributed by atoms with Crippen molar-refractivity contribution in [3.05, 3.63) is 47.7 Å². The van der Waals surface area contributed by atoms with E-state index >= 15 is 0 Å². The lowest BCUT2D eigenvalue weighted by molar-refractivity contribution is 0.100. The molecule has 0 bridgehead atoms. The second kappa shape index (κ2) is 5.35. The molecule has 0 atom stereocenters. The first kappa shape index (κ1) is 14.1. The van der Waals surface area contributed by atoms with Gasteiger partial charge in [0.05, 0.1) is 6.54 Å². The molecule has 106 valence electrons. The maximum atomic E-state index is 11.1. The fourth-order valence-electron chi connectivity index (χ4n) is 1.58. The molecule has 0 saturated heterocycles. The SMILES string of the molecule is NC(=O)c1cccc(NCc2ccc(S(N)(=O)=O)o2)c1. The predicted octanol–water partition coefficient (Wildman–Crippen LogP) is 0.638. The maximum Gasteiger partial charge on any atom is 0.271 e. The number of rotatable bonds is 5. The molecule has 20 heavy (non-hydrogen) atoms. The smallest absolute Gasteiger partial charge is 0.271 e. The normalized spacial score (nSPS) is 11.2. The van der Waals surface area contributed by atoms with Crippen molar-refractivity contribution in [2.24, 2.45) is 10.9 Å². The molecule has 2 rings (SSSR count). The lowest BCUT2D eigenvalue weighted by Crippen LogP contribution is -2.11.